The molecule has 0 N–H and O–H groups in total. The van der Waals surface area contributed by atoms with E-state index in [0.29, 0.717) is 0 Å². The van der Waals surface area contributed by atoms with Gasteiger partial charge in [0.25, 0.3) is 0 Å². The van der Waals surface area contributed by atoms with Crippen LogP contribution in [0.25, 0.3) is 11.1 Å². The predicted octanol–water partition coefficient (Wildman–Crippen LogP) is 5.11. The number of hydrogen-bond acceptors (Lipinski definition) is 0. The minimum absolute atomic E-state index is 1.20. The Kier molecular flexibility index (Phi) is 3.78. The Morgan fingerprint density at radius 1 is 0.944 bits per heavy atom. The third-order valence-corrected chi connectivity index (χ3v) is 3.24. The van der Waals surface area contributed by atoms with Crippen molar-refractivity contribution in [3.05, 3.63) is 83.9 Å². The average Bonchev–Trinajstić information content (AvgIpc) is 2.41. The van der Waals surface area contributed by atoms with Crippen molar-refractivity contribution in [2.75, 3.05) is 0 Å². The summed E-state index contributed by atoms with van der Waals surface area (Å²) in [5.74, 6) is 0. The molecule has 0 aliphatic carbocycles. The highest BCUT2D eigenvalue weighted by Crippen LogP contribution is 2.28. The van der Waals surface area contributed by atoms with Gasteiger partial charge in [-0.05, 0) is 41.7 Å². The topological polar surface area (TPSA) is 0 Å². The van der Waals surface area contributed by atoms with Crippen molar-refractivity contribution in [1.29, 1.82) is 0 Å². The Morgan fingerprint density at radius 3 is 2.17 bits per heavy atom. The third-order valence-electron chi connectivity index (χ3n) is 3.24. The minimum Gasteiger partial charge on any atom is -0.0984 e. The standard InChI is InChI=1S/C18H18/c1-4-17(16-11-6-5-7-12-16)15(3)18-13-9-8-10-14(18)2/h4-13H,1H2,2-3H3/b17-15-. The van der Waals surface area contributed by atoms with E-state index >= 15 is 0 Å². The molecule has 2 aromatic carbocycles. The van der Waals surface area contributed by atoms with Crippen molar-refractivity contribution in [2.45, 2.75) is 13.8 Å². The average molecular weight is 234 g/mol. The first-order valence-electron chi connectivity index (χ1n) is 6.18. The summed E-state index contributed by atoms with van der Waals surface area (Å²) in [6.45, 7) is 8.26. The van der Waals surface area contributed by atoms with Crippen LogP contribution in [0.4, 0.5) is 0 Å². The molecule has 0 saturated carbocycles. The van der Waals surface area contributed by atoms with Gasteiger partial charge in [-0.3, -0.25) is 0 Å². The predicted molar refractivity (Wildman–Crippen MR) is 80.3 cm³/mol. The van der Waals surface area contributed by atoms with E-state index in [1.54, 1.807) is 0 Å². The highest BCUT2D eigenvalue weighted by atomic mass is 14.1. The van der Waals surface area contributed by atoms with E-state index < -0.39 is 0 Å². The van der Waals surface area contributed by atoms with Crippen LogP contribution in [0.2, 0.25) is 0 Å². The Morgan fingerprint density at radius 2 is 1.56 bits per heavy atom. The minimum atomic E-state index is 1.20. The monoisotopic (exact) mass is 234 g/mol. The summed E-state index contributed by atoms with van der Waals surface area (Å²) in [4.78, 5) is 0. The smallest absolute Gasteiger partial charge is 0.0155 e. The summed E-state index contributed by atoms with van der Waals surface area (Å²) in [7, 11) is 0. The van der Waals surface area contributed by atoms with E-state index in [1.807, 2.05) is 12.1 Å². The number of benzene rings is 2. The zero-order valence-corrected chi connectivity index (χ0v) is 11.0. The molecule has 0 radical (unpaired) electrons. The lowest BCUT2D eigenvalue weighted by atomic mass is 9.93. The maximum atomic E-state index is 3.96. The summed E-state index contributed by atoms with van der Waals surface area (Å²) < 4.78 is 0. The van der Waals surface area contributed by atoms with E-state index in [9.17, 15) is 0 Å². The van der Waals surface area contributed by atoms with Gasteiger partial charge in [0, 0.05) is 0 Å². The number of allylic oxidation sites excluding steroid dienone is 3. The van der Waals surface area contributed by atoms with Crippen molar-refractivity contribution < 1.29 is 0 Å². The zero-order valence-electron chi connectivity index (χ0n) is 11.0. The summed E-state index contributed by atoms with van der Waals surface area (Å²) in [6.07, 6.45) is 1.94. The molecule has 0 saturated heterocycles. The molecule has 18 heavy (non-hydrogen) atoms. The molecule has 0 bridgehead atoms. The largest absolute Gasteiger partial charge is 0.0984 e. The van der Waals surface area contributed by atoms with Crippen molar-refractivity contribution in [1.82, 2.24) is 0 Å². The molecule has 0 aliphatic rings. The SMILES string of the molecule is C=C/C(=C(\C)c1ccccc1C)c1ccccc1. The first-order valence-corrected chi connectivity index (χ1v) is 6.18. The van der Waals surface area contributed by atoms with E-state index in [-0.39, 0.29) is 0 Å². The molecule has 2 rings (SSSR count). The van der Waals surface area contributed by atoms with E-state index in [2.05, 4.69) is 69.0 Å². The van der Waals surface area contributed by atoms with Crippen molar-refractivity contribution in [3.63, 3.8) is 0 Å². The molecule has 0 nitrogen and oxygen atoms in total. The van der Waals surface area contributed by atoms with Crippen molar-refractivity contribution >= 4 is 11.1 Å². The lowest BCUT2D eigenvalue weighted by Gasteiger charge is -2.11. The lowest BCUT2D eigenvalue weighted by molar-refractivity contribution is 1.41. The van der Waals surface area contributed by atoms with Gasteiger partial charge in [0.2, 0.25) is 0 Å². The van der Waals surface area contributed by atoms with E-state index in [1.165, 1.54) is 27.8 Å². The Balaban J connectivity index is 2.58. The van der Waals surface area contributed by atoms with Gasteiger partial charge < -0.3 is 0 Å². The van der Waals surface area contributed by atoms with Crippen LogP contribution in [0, 0.1) is 6.92 Å². The fraction of sp³-hybridized carbons (Fsp3) is 0.111. The van der Waals surface area contributed by atoms with Gasteiger partial charge in [-0.1, -0.05) is 67.3 Å². The first-order chi connectivity index (χ1) is 8.74. The van der Waals surface area contributed by atoms with Crippen LogP contribution >= 0.6 is 0 Å². The molecule has 0 fully saturated rings. The summed E-state index contributed by atoms with van der Waals surface area (Å²) >= 11 is 0. The molecule has 0 unspecified atom stereocenters. The fourth-order valence-electron chi connectivity index (χ4n) is 2.24. The normalized spacial score (nSPS) is 11.9. The van der Waals surface area contributed by atoms with Crippen LogP contribution in [0.15, 0.2) is 67.3 Å². The second kappa shape index (κ2) is 5.50. The van der Waals surface area contributed by atoms with Gasteiger partial charge in [0.1, 0.15) is 0 Å². The number of aryl methyl sites for hydroxylation is 1. The quantitative estimate of drug-likeness (QED) is 0.511. The van der Waals surface area contributed by atoms with Gasteiger partial charge >= 0.3 is 0 Å². The molecule has 0 heterocycles. The molecule has 0 heteroatoms. The Hall–Kier alpha value is -2.08. The van der Waals surface area contributed by atoms with Crippen LogP contribution in [0.3, 0.4) is 0 Å². The van der Waals surface area contributed by atoms with Crippen molar-refractivity contribution in [2.24, 2.45) is 0 Å². The lowest BCUT2D eigenvalue weighted by Crippen LogP contribution is -1.90. The summed E-state index contributed by atoms with van der Waals surface area (Å²) in [5.41, 5.74) is 6.27. The molecule has 0 spiro atoms. The van der Waals surface area contributed by atoms with Crippen LogP contribution in [0.5, 0.6) is 0 Å². The molecular formula is C18H18. The summed E-state index contributed by atoms with van der Waals surface area (Å²) in [6, 6.07) is 18.9. The second-order valence-electron chi connectivity index (χ2n) is 4.42. The van der Waals surface area contributed by atoms with Gasteiger partial charge in [-0.15, -0.1) is 0 Å². The zero-order chi connectivity index (χ0) is 13.0. The highest BCUT2D eigenvalue weighted by Gasteiger charge is 2.06. The maximum Gasteiger partial charge on any atom is -0.0155 e. The number of hydrogen-bond donors (Lipinski definition) is 0. The van der Waals surface area contributed by atoms with Crippen LogP contribution in [-0.2, 0) is 0 Å². The molecule has 0 aromatic heterocycles. The Bertz CT molecular complexity index is 574. The molecule has 2 aromatic rings. The second-order valence-corrected chi connectivity index (χ2v) is 4.42. The van der Waals surface area contributed by atoms with Crippen LogP contribution in [0.1, 0.15) is 23.6 Å². The summed E-state index contributed by atoms with van der Waals surface area (Å²) in [5, 5.41) is 0. The highest BCUT2D eigenvalue weighted by molar-refractivity contribution is 5.95. The first kappa shape index (κ1) is 12.4. The van der Waals surface area contributed by atoms with Crippen LogP contribution in [-0.4, -0.2) is 0 Å². The molecular weight excluding hydrogens is 216 g/mol. The molecule has 0 aliphatic heterocycles. The molecule has 0 amide bonds. The fourth-order valence-corrected chi connectivity index (χ4v) is 2.24. The molecule has 90 valence electrons. The van der Waals surface area contributed by atoms with E-state index in [0.717, 1.165) is 0 Å². The third kappa shape index (κ3) is 2.43. The Labute approximate surface area is 109 Å². The van der Waals surface area contributed by atoms with Gasteiger partial charge in [-0.25, -0.2) is 0 Å². The molecule has 0 atom stereocenters. The van der Waals surface area contributed by atoms with Gasteiger partial charge in [0.15, 0.2) is 0 Å². The van der Waals surface area contributed by atoms with Crippen LogP contribution < -0.4 is 0 Å². The van der Waals surface area contributed by atoms with Gasteiger partial charge in [-0.2, -0.15) is 0 Å². The number of rotatable bonds is 3. The van der Waals surface area contributed by atoms with Crippen molar-refractivity contribution in [3.8, 4) is 0 Å². The maximum absolute atomic E-state index is 3.96. The van der Waals surface area contributed by atoms with E-state index in [4.69, 9.17) is 0 Å². The van der Waals surface area contributed by atoms with Gasteiger partial charge in [0.05, 0.1) is 0 Å².